The van der Waals surface area contributed by atoms with E-state index in [-0.39, 0.29) is 6.61 Å². The first-order chi connectivity index (χ1) is 20.5. The van der Waals surface area contributed by atoms with Crippen molar-refractivity contribution in [2.45, 2.75) is 16.6 Å². The van der Waals surface area contributed by atoms with Crippen molar-refractivity contribution >= 4 is 45.6 Å². The van der Waals surface area contributed by atoms with Crippen LogP contribution in [0, 0.1) is 11.3 Å². The molecule has 0 spiro atoms. The summed E-state index contributed by atoms with van der Waals surface area (Å²) < 4.78 is 8.16. The SMILES string of the molecule is Cn1ccnc1Sc1ccc(Nc2c(C#N)cnc3cc(-c4ccc(CN5CCN(CCO)CC5)o4)ccc23)cc1Cl. The van der Waals surface area contributed by atoms with Gasteiger partial charge in [-0.25, -0.2) is 4.98 Å². The lowest BCUT2D eigenvalue weighted by atomic mass is 10.1. The fourth-order valence-corrected chi connectivity index (χ4v) is 6.18. The fourth-order valence-electron chi connectivity index (χ4n) is 5.07. The van der Waals surface area contributed by atoms with Crippen LogP contribution >= 0.6 is 23.4 Å². The molecule has 1 fully saturated rings. The number of aliphatic hydroxyl groups excluding tert-OH is 1. The zero-order valence-electron chi connectivity index (χ0n) is 23.1. The van der Waals surface area contributed by atoms with E-state index in [1.165, 1.54) is 11.8 Å². The van der Waals surface area contributed by atoms with Crippen molar-refractivity contribution in [3.05, 3.63) is 83.5 Å². The minimum atomic E-state index is 0.200. The van der Waals surface area contributed by atoms with E-state index >= 15 is 0 Å². The molecule has 9 nitrogen and oxygen atoms in total. The fraction of sp³-hybridized carbons (Fsp3) is 0.258. The van der Waals surface area contributed by atoms with Crippen molar-refractivity contribution in [3.63, 3.8) is 0 Å². The van der Waals surface area contributed by atoms with Gasteiger partial charge in [0.05, 0.1) is 34.9 Å². The first-order valence-corrected chi connectivity index (χ1v) is 14.9. The first kappa shape index (κ1) is 28.3. The number of nitrogens with one attached hydrogen (secondary N) is 1. The molecule has 0 atom stereocenters. The molecule has 0 amide bonds. The van der Waals surface area contributed by atoms with E-state index in [2.05, 4.69) is 31.2 Å². The Morgan fingerprint density at radius 1 is 1.07 bits per heavy atom. The number of anilines is 2. The largest absolute Gasteiger partial charge is 0.460 e. The molecule has 5 aromatic rings. The number of furan rings is 1. The lowest BCUT2D eigenvalue weighted by Crippen LogP contribution is -2.46. The molecule has 1 aliphatic rings. The van der Waals surface area contributed by atoms with E-state index < -0.39 is 0 Å². The summed E-state index contributed by atoms with van der Waals surface area (Å²) in [6.45, 7) is 5.48. The summed E-state index contributed by atoms with van der Waals surface area (Å²) in [6, 6.07) is 18.0. The van der Waals surface area contributed by atoms with Crippen LogP contribution in [0.1, 0.15) is 11.3 Å². The van der Waals surface area contributed by atoms with E-state index in [1.54, 1.807) is 12.4 Å². The van der Waals surface area contributed by atoms with Gasteiger partial charge in [0, 0.05) is 79.9 Å². The number of benzene rings is 2. The van der Waals surface area contributed by atoms with Crippen LogP contribution in [0.15, 0.2) is 81.6 Å². The number of imidazole rings is 1. The average molecular weight is 600 g/mol. The predicted octanol–water partition coefficient (Wildman–Crippen LogP) is 5.76. The third-order valence-electron chi connectivity index (χ3n) is 7.38. The predicted molar refractivity (Wildman–Crippen MR) is 165 cm³/mol. The summed E-state index contributed by atoms with van der Waals surface area (Å²) >= 11 is 8.12. The number of fused-ring (bicyclic) bond motifs is 1. The highest BCUT2D eigenvalue weighted by atomic mass is 35.5. The minimum Gasteiger partial charge on any atom is -0.460 e. The maximum Gasteiger partial charge on any atom is 0.172 e. The van der Waals surface area contributed by atoms with Crippen molar-refractivity contribution < 1.29 is 9.52 Å². The topological polar surface area (TPSA) is 106 Å². The summed E-state index contributed by atoms with van der Waals surface area (Å²) in [5.74, 6) is 1.69. The van der Waals surface area contributed by atoms with Crippen LogP contribution in [-0.2, 0) is 13.6 Å². The monoisotopic (exact) mass is 599 g/mol. The Morgan fingerprint density at radius 2 is 1.90 bits per heavy atom. The van der Waals surface area contributed by atoms with Gasteiger partial charge < -0.3 is 19.4 Å². The van der Waals surface area contributed by atoms with E-state index in [9.17, 15) is 5.26 Å². The summed E-state index contributed by atoms with van der Waals surface area (Å²) in [5.41, 5.74) is 3.56. The van der Waals surface area contributed by atoms with E-state index in [0.717, 1.165) is 83.0 Å². The molecule has 0 radical (unpaired) electrons. The first-order valence-electron chi connectivity index (χ1n) is 13.7. The highest BCUT2D eigenvalue weighted by Gasteiger charge is 2.18. The van der Waals surface area contributed by atoms with Gasteiger partial charge in [0.1, 0.15) is 17.6 Å². The maximum absolute atomic E-state index is 9.83. The molecule has 2 aromatic carbocycles. The molecular formula is C31H30ClN7O2S. The Morgan fingerprint density at radius 3 is 2.64 bits per heavy atom. The Labute approximate surface area is 253 Å². The van der Waals surface area contributed by atoms with Gasteiger partial charge in [0.15, 0.2) is 5.16 Å². The number of β-amino-alcohol motifs (C(OH)–C–C–N with tert-alkyl or cyclic N) is 1. The molecule has 1 saturated heterocycles. The number of aryl methyl sites for hydroxylation is 1. The van der Waals surface area contributed by atoms with Crippen LogP contribution in [0.3, 0.4) is 0 Å². The van der Waals surface area contributed by atoms with E-state index in [0.29, 0.717) is 16.3 Å². The second-order valence-electron chi connectivity index (χ2n) is 10.2. The molecule has 3 aromatic heterocycles. The number of nitriles is 1. The Kier molecular flexibility index (Phi) is 8.46. The van der Waals surface area contributed by atoms with Crippen LogP contribution in [0.25, 0.3) is 22.2 Å². The molecular weight excluding hydrogens is 570 g/mol. The second-order valence-corrected chi connectivity index (χ2v) is 11.6. The zero-order chi connectivity index (χ0) is 29.1. The standard InChI is InChI=1S/C31H30ClN7O2S/c1-37-9-8-34-31(37)42-29-7-3-23(17-26(29)32)36-30-22(18-33)19-35-27-16-21(2-5-25(27)30)28-6-4-24(41-28)20-39-12-10-38(11-13-39)14-15-40/h2-9,16-17,19,40H,10-15,20H2,1H3,(H,35,36). The van der Waals surface area contributed by atoms with Crippen molar-refractivity contribution in [2.24, 2.45) is 7.05 Å². The summed E-state index contributed by atoms with van der Waals surface area (Å²) in [6.07, 6.45) is 5.24. The average Bonchev–Trinajstić information content (AvgIpc) is 3.64. The van der Waals surface area contributed by atoms with Gasteiger partial charge >= 0.3 is 0 Å². The van der Waals surface area contributed by atoms with Crippen molar-refractivity contribution in [1.29, 1.82) is 5.26 Å². The van der Waals surface area contributed by atoms with Gasteiger partial charge in [0.25, 0.3) is 0 Å². The van der Waals surface area contributed by atoms with Crippen LogP contribution in [0.5, 0.6) is 0 Å². The lowest BCUT2D eigenvalue weighted by Gasteiger charge is -2.33. The molecule has 0 saturated carbocycles. The molecule has 4 heterocycles. The molecule has 11 heteroatoms. The highest BCUT2D eigenvalue weighted by Crippen LogP contribution is 2.37. The van der Waals surface area contributed by atoms with Gasteiger partial charge in [-0.2, -0.15) is 5.26 Å². The van der Waals surface area contributed by atoms with Gasteiger partial charge in [-0.05, 0) is 42.5 Å². The number of hydrogen-bond donors (Lipinski definition) is 2. The molecule has 1 aliphatic heterocycles. The van der Waals surface area contributed by atoms with Gasteiger partial charge in [-0.1, -0.05) is 29.4 Å². The zero-order valence-corrected chi connectivity index (χ0v) is 24.7. The summed E-state index contributed by atoms with van der Waals surface area (Å²) in [4.78, 5) is 14.5. The van der Waals surface area contributed by atoms with Gasteiger partial charge in [-0.15, -0.1) is 0 Å². The number of halogens is 1. The van der Waals surface area contributed by atoms with E-state index in [4.69, 9.17) is 21.1 Å². The number of nitrogens with zero attached hydrogens (tertiary/aromatic N) is 6. The van der Waals surface area contributed by atoms with Crippen molar-refractivity contribution in [3.8, 4) is 17.4 Å². The molecule has 0 bridgehead atoms. The Bertz CT molecular complexity index is 1750. The molecule has 42 heavy (non-hydrogen) atoms. The normalized spacial score (nSPS) is 14.3. The number of piperazine rings is 1. The van der Waals surface area contributed by atoms with Crippen LogP contribution < -0.4 is 5.32 Å². The molecule has 0 unspecified atom stereocenters. The van der Waals surface area contributed by atoms with Crippen LogP contribution in [-0.4, -0.2) is 68.8 Å². The Hall–Kier alpha value is -3.85. The minimum absolute atomic E-state index is 0.200. The Balaban J connectivity index is 1.20. The molecule has 2 N–H and O–H groups in total. The highest BCUT2D eigenvalue weighted by molar-refractivity contribution is 7.99. The second kappa shape index (κ2) is 12.6. The lowest BCUT2D eigenvalue weighted by molar-refractivity contribution is 0.104. The van der Waals surface area contributed by atoms with Gasteiger partial charge in [0.2, 0.25) is 0 Å². The van der Waals surface area contributed by atoms with E-state index in [1.807, 2.05) is 66.3 Å². The van der Waals surface area contributed by atoms with Crippen molar-refractivity contribution in [2.75, 3.05) is 44.6 Å². The van der Waals surface area contributed by atoms with Gasteiger partial charge in [-0.3, -0.25) is 14.8 Å². The quantitative estimate of drug-likeness (QED) is 0.219. The number of rotatable bonds is 9. The maximum atomic E-state index is 9.83. The summed E-state index contributed by atoms with van der Waals surface area (Å²) in [5, 5.41) is 24.7. The van der Waals surface area contributed by atoms with Crippen LogP contribution in [0.2, 0.25) is 5.02 Å². The number of aliphatic hydroxyl groups is 1. The van der Waals surface area contributed by atoms with Crippen molar-refractivity contribution in [1.82, 2.24) is 24.3 Å². The third-order valence-corrected chi connectivity index (χ3v) is 8.95. The smallest absolute Gasteiger partial charge is 0.172 e. The number of pyridine rings is 1. The van der Waals surface area contributed by atoms with Crippen LogP contribution in [0.4, 0.5) is 11.4 Å². The number of aromatic nitrogens is 3. The summed E-state index contributed by atoms with van der Waals surface area (Å²) in [7, 11) is 1.94. The molecule has 214 valence electrons. The molecule has 0 aliphatic carbocycles. The molecule has 6 rings (SSSR count). The number of hydrogen-bond acceptors (Lipinski definition) is 9. The third kappa shape index (κ3) is 6.16.